The van der Waals surface area contributed by atoms with E-state index in [1.807, 2.05) is 20.8 Å². The molecular weight excluding hydrogens is 398 g/mol. The molecule has 0 N–H and O–H groups in total. The van der Waals surface area contributed by atoms with Gasteiger partial charge in [0.2, 0.25) is 0 Å². The van der Waals surface area contributed by atoms with Crippen molar-refractivity contribution in [2.45, 2.75) is 33.2 Å². The third kappa shape index (κ3) is 6.35. The number of esters is 1. The third-order valence-electron chi connectivity index (χ3n) is 4.56. The molecule has 1 fully saturated rings. The number of carbonyl (C=O) groups excluding carboxylic acids is 2. The Bertz CT molecular complexity index is 835. The Balaban J connectivity index is 2.05. The fraction of sp³-hybridized carbons (Fsp3) is 0.600. The van der Waals surface area contributed by atoms with Crippen molar-refractivity contribution in [1.29, 1.82) is 0 Å². The highest BCUT2D eigenvalue weighted by Crippen LogP contribution is 2.28. The Labute approximate surface area is 172 Å². The van der Waals surface area contributed by atoms with Gasteiger partial charge in [0.15, 0.2) is 27.9 Å². The molecule has 9 heteroatoms. The largest absolute Gasteiger partial charge is 0.493 e. The average Bonchev–Trinajstić information content (AvgIpc) is 3.03. The minimum Gasteiger partial charge on any atom is -0.493 e. The number of nitrogens with zero attached hydrogens (tertiary/aromatic N) is 1. The maximum Gasteiger partial charge on any atom is 0.338 e. The monoisotopic (exact) mass is 427 g/mol. The number of hydrogen-bond acceptors (Lipinski definition) is 7. The van der Waals surface area contributed by atoms with Gasteiger partial charge in [-0.2, -0.15) is 0 Å². The van der Waals surface area contributed by atoms with Crippen LogP contribution in [0.5, 0.6) is 11.5 Å². The summed E-state index contributed by atoms with van der Waals surface area (Å²) in [6, 6.07) is 4.26. The zero-order valence-electron chi connectivity index (χ0n) is 17.3. The number of carbonyl (C=O) groups is 2. The predicted octanol–water partition coefficient (Wildman–Crippen LogP) is 1.92. The lowest BCUT2D eigenvalue weighted by Gasteiger charge is -2.29. The Morgan fingerprint density at radius 2 is 1.97 bits per heavy atom. The van der Waals surface area contributed by atoms with Crippen LogP contribution < -0.4 is 9.47 Å². The van der Waals surface area contributed by atoms with Gasteiger partial charge in [0.1, 0.15) is 0 Å². The normalized spacial score (nSPS) is 17.8. The lowest BCUT2D eigenvalue weighted by atomic mass is 10.1. The van der Waals surface area contributed by atoms with E-state index in [1.165, 1.54) is 24.1 Å². The van der Waals surface area contributed by atoms with Gasteiger partial charge >= 0.3 is 5.97 Å². The van der Waals surface area contributed by atoms with Gasteiger partial charge in [-0.05, 0) is 37.5 Å². The van der Waals surface area contributed by atoms with Crippen LogP contribution in [0.25, 0.3) is 0 Å². The van der Waals surface area contributed by atoms with Crippen LogP contribution in [0.4, 0.5) is 0 Å². The first-order valence-electron chi connectivity index (χ1n) is 9.64. The Morgan fingerprint density at radius 3 is 2.52 bits per heavy atom. The van der Waals surface area contributed by atoms with Crippen molar-refractivity contribution >= 4 is 21.7 Å². The van der Waals surface area contributed by atoms with E-state index in [0.717, 1.165) is 0 Å². The van der Waals surface area contributed by atoms with Gasteiger partial charge < -0.3 is 19.1 Å². The van der Waals surface area contributed by atoms with Crippen molar-refractivity contribution in [3.63, 3.8) is 0 Å². The van der Waals surface area contributed by atoms with Gasteiger partial charge in [0, 0.05) is 12.6 Å². The van der Waals surface area contributed by atoms with Gasteiger partial charge in [0.25, 0.3) is 5.91 Å². The molecule has 1 aromatic rings. The zero-order valence-corrected chi connectivity index (χ0v) is 18.2. The lowest BCUT2D eigenvalue weighted by Crippen LogP contribution is -2.45. The molecule has 8 nitrogen and oxygen atoms in total. The molecule has 0 aliphatic carbocycles. The van der Waals surface area contributed by atoms with Crippen molar-refractivity contribution in [3.05, 3.63) is 23.8 Å². The molecule has 1 saturated heterocycles. The summed E-state index contributed by atoms with van der Waals surface area (Å²) >= 11 is 0. The summed E-state index contributed by atoms with van der Waals surface area (Å²) in [6.07, 6.45) is 0.408. The fourth-order valence-electron chi connectivity index (χ4n) is 3.23. The number of methoxy groups -OCH3 is 1. The molecule has 2 rings (SSSR count). The van der Waals surface area contributed by atoms with Crippen LogP contribution in [-0.4, -0.2) is 69.6 Å². The summed E-state index contributed by atoms with van der Waals surface area (Å²) in [6.45, 7) is 6.08. The van der Waals surface area contributed by atoms with E-state index in [9.17, 15) is 18.0 Å². The number of sulfone groups is 1. The lowest BCUT2D eigenvalue weighted by molar-refractivity contribution is -0.137. The highest BCUT2D eigenvalue weighted by Gasteiger charge is 2.35. The molecule has 0 unspecified atom stereocenters. The minimum atomic E-state index is -3.13. The van der Waals surface area contributed by atoms with Crippen LogP contribution >= 0.6 is 0 Å². The first kappa shape index (κ1) is 23.0. The van der Waals surface area contributed by atoms with Gasteiger partial charge in [-0.3, -0.25) is 4.79 Å². The van der Waals surface area contributed by atoms with E-state index in [2.05, 4.69) is 0 Å². The van der Waals surface area contributed by atoms with Gasteiger partial charge in [-0.1, -0.05) is 13.8 Å². The van der Waals surface area contributed by atoms with Gasteiger partial charge in [0.05, 0.1) is 30.8 Å². The summed E-state index contributed by atoms with van der Waals surface area (Å²) in [5, 5.41) is 0. The number of hydrogen-bond donors (Lipinski definition) is 0. The van der Waals surface area contributed by atoms with E-state index in [-0.39, 0.29) is 29.0 Å². The molecule has 1 aromatic carbocycles. The highest BCUT2D eigenvalue weighted by molar-refractivity contribution is 7.91. The van der Waals surface area contributed by atoms with Crippen molar-refractivity contribution in [3.8, 4) is 11.5 Å². The second-order valence-corrected chi connectivity index (χ2v) is 9.60. The number of benzene rings is 1. The third-order valence-corrected chi connectivity index (χ3v) is 6.31. The van der Waals surface area contributed by atoms with E-state index >= 15 is 0 Å². The van der Waals surface area contributed by atoms with Crippen LogP contribution in [0, 0.1) is 5.92 Å². The fourth-order valence-corrected chi connectivity index (χ4v) is 4.97. The maximum atomic E-state index is 12.7. The van der Waals surface area contributed by atoms with Crippen molar-refractivity contribution in [2.75, 3.05) is 38.4 Å². The average molecular weight is 428 g/mol. The molecule has 0 saturated carbocycles. The first-order chi connectivity index (χ1) is 13.7. The van der Waals surface area contributed by atoms with Crippen LogP contribution in [-0.2, 0) is 19.4 Å². The molecule has 29 heavy (non-hydrogen) atoms. The van der Waals surface area contributed by atoms with E-state index in [1.54, 1.807) is 6.07 Å². The molecule has 1 aliphatic rings. The standard InChI is InChI=1S/C20H29NO7S/c1-5-27-18-10-15(6-7-17(18)26-4)20(23)28-12-19(22)21(11-14(2)3)16-8-9-29(24,25)13-16/h6-7,10,14,16H,5,8-9,11-13H2,1-4H3/t16-/m0/s1. The summed E-state index contributed by atoms with van der Waals surface area (Å²) < 4.78 is 39.4. The van der Waals surface area contributed by atoms with E-state index in [0.29, 0.717) is 31.1 Å². The number of rotatable bonds is 9. The summed E-state index contributed by atoms with van der Waals surface area (Å²) in [7, 11) is -1.63. The Kier molecular flexibility index (Phi) is 7.89. The summed E-state index contributed by atoms with van der Waals surface area (Å²) in [4.78, 5) is 26.6. The summed E-state index contributed by atoms with van der Waals surface area (Å²) in [5.41, 5.74) is 0.237. The van der Waals surface area contributed by atoms with Crippen LogP contribution in [0.15, 0.2) is 18.2 Å². The Morgan fingerprint density at radius 1 is 1.24 bits per heavy atom. The van der Waals surface area contributed by atoms with Gasteiger partial charge in [-0.25, -0.2) is 13.2 Å². The smallest absolute Gasteiger partial charge is 0.338 e. The van der Waals surface area contributed by atoms with Gasteiger partial charge in [-0.15, -0.1) is 0 Å². The quantitative estimate of drug-likeness (QED) is 0.555. The molecule has 0 spiro atoms. The Hall–Kier alpha value is -2.29. The topological polar surface area (TPSA) is 99.2 Å². The molecule has 1 aliphatic heterocycles. The van der Waals surface area contributed by atoms with Crippen LogP contribution in [0.2, 0.25) is 0 Å². The SMILES string of the molecule is CCOc1cc(C(=O)OCC(=O)N(CC(C)C)[C@H]2CCS(=O)(=O)C2)ccc1OC. The summed E-state index contributed by atoms with van der Waals surface area (Å²) in [5.74, 6) is 0.0333. The first-order valence-corrected chi connectivity index (χ1v) is 11.5. The maximum absolute atomic E-state index is 12.7. The molecule has 0 aromatic heterocycles. The van der Waals surface area contributed by atoms with Crippen molar-refractivity contribution in [2.24, 2.45) is 5.92 Å². The van der Waals surface area contributed by atoms with Crippen LogP contribution in [0.1, 0.15) is 37.6 Å². The zero-order chi connectivity index (χ0) is 21.6. The number of amides is 1. The molecule has 162 valence electrons. The highest BCUT2D eigenvalue weighted by atomic mass is 32.2. The van der Waals surface area contributed by atoms with E-state index in [4.69, 9.17) is 14.2 Å². The molecule has 0 radical (unpaired) electrons. The molecular formula is C20H29NO7S. The van der Waals surface area contributed by atoms with Crippen LogP contribution in [0.3, 0.4) is 0 Å². The molecule has 0 bridgehead atoms. The van der Waals surface area contributed by atoms with Crippen molar-refractivity contribution < 1.29 is 32.2 Å². The molecule has 1 amide bonds. The second-order valence-electron chi connectivity index (χ2n) is 7.37. The van der Waals surface area contributed by atoms with Crippen molar-refractivity contribution in [1.82, 2.24) is 4.90 Å². The molecule has 1 atom stereocenters. The van der Waals surface area contributed by atoms with E-state index < -0.39 is 28.3 Å². The predicted molar refractivity (Wildman–Crippen MR) is 108 cm³/mol. The minimum absolute atomic E-state index is 0.0460. The number of ether oxygens (including phenoxy) is 3. The second kappa shape index (κ2) is 9.96. The molecule has 1 heterocycles.